The van der Waals surface area contributed by atoms with Crippen molar-refractivity contribution in [2.24, 2.45) is 0 Å². The minimum absolute atomic E-state index is 0.0222. The van der Waals surface area contributed by atoms with Gasteiger partial charge in [-0.25, -0.2) is 4.79 Å². The van der Waals surface area contributed by atoms with E-state index in [0.717, 1.165) is 12.0 Å². The molecular weight excluding hydrogens is 322 g/mol. The van der Waals surface area contributed by atoms with Crippen LogP contribution >= 0.6 is 0 Å². The Labute approximate surface area is 149 Å². The van der Waals surface area contributed by atoms with E-state index < -0.39 is 5.60 Å². The summed E-state index contributed by atoms with van der Waals surface area (Å²) in [4.78, 5) is 25.3. The number of rotatable bonds is 5. The van der Waals surface area contributed by atoms with Crippen molar-refractivity contribution in [2.75, 3.05) is 20.2 Å². The molecule has 0 bridgehead atoms. The average Bonchev–Trinajstić information content (AvgIpc) is 3.00. The molecule has 1 heterocycles. The smallest absolute Gasteiger partial charge is 0.410 e. The maximum absolute atomic E-state index is 12.1. The zero-order valence-corrected chi connectivity index (χ0v) is 15.6. The van der Waals surface area contributed by atoms with Crippen LogP contribution in [-0.4, -0.2) is 48.7 Å². The predicted molar refractivity (Wildman–Crippen MR) is 94.0 cm³/mol. The molecule has 1 saturated heterocycles. The first kappa shape index (κ1) is 19.2. The molecule has 0 aromatic heterocycles. The van der Waals surface area contributed by atoms with Crippen molar-refractivity contribution >= 4 is 11.9 Å². The van der Waals surface area contributed by atoms with E-state index in [0.29, 0.717) is 31.0 Å². The zero-order chi connectivity index (χ0) is 18.6. The summed E-state index contributed by atoms with van der Waals surface area (Å²) < 4.78 is 16.6. The fourth-order valence-corrected chi connectivity index (χ4v) is 2.69. The van der Waals surface area contributed by atoms with Gasteiger partial charge in [-0.15, -0.1) is 0 Å². The minimum atomic E-state index is -0.495. The van der Waals surface area contributed by atoms with Crippen molar-refractivity contribution < 1.29 is 23.8 Å². The molecule has 0 spiro atoms. The Morgan fingerprint density at radius 2 is 2.00 bits per heavy atom. The van der Waals surface area contributed by atoms with E-state index in [2.05, 4.69) is 0 Å². The number of carbonyl (C=O) groups is 2. The number of Topliss-reactive ketones (excluding diaryl/α,β-unsaturated/α-hetero) is 1. The molecule has 1 aliphatic heterocycles. The minimum Gasteiger partial charge on any atom is -0.496 e. The van der Waals surface area contributed by atoms with Crippen molar-refractivity contribution in [3.8, 4) is 5.75 Å². The van der Waals surface area contributed by atoms with Gasteiger partial charge in [0.15, 0.2) is 5.78 Å². The summed E-state index contributed by atoms with van der Waals surface area (Å²) in [6.45, 7) is 8.63. The molecule has 1 fully saturated rings. The summed E-state index contributed by atoms with van der Waals surface area (Å²) in [5, 5.41) is 0. The number of benzene rings is 1. The quantitative estimate of drug-likeness (QED) is 0.762. The lowest BCUT2D eigenvalue weighted by Crippen LogP contribution is -2.36. The van der Waals surface area contributed by atoms with E-state index in [1.807, 2.05) is 32.9 Å². The van der Waals surface area contributed by atoms with E-state index in [1.165, 1.54) is 6.92 Å². The summed E-state index contributed by atoms with van der Waals surface area (Å²) in [7, 11) is 1.54. The Hall–Kier alpha value is -2.08. The SMILES string of the molecule is COc1cc(CO[C@@H]2CCN(C(=O)OC(C)(C)C)C2)ccc1C(C)=O. The molecule has 0 N–H and O–H groups in total. The normalized spacial score (nSPS) is 17.5. The number of nitrogens with zero attached hydrogens (tertiary/aromatic N) is 1. The Morgan fingerprint density at radius 1 is 1.28 bits per heavy atom. The van der Waals surface area contributed by atoms with Crippen LogP contribution in [0.15, 0.2) is 18.2 Å². The summed E-state index contributed by atoms with van der Waals surface area (Å²) in [6, 6.07) is 5.43. The fraction of sp³-hybridized carbons (Fsp3) is 0.579. The lowest BCUT2D eigenvalue weighted by atomic mass is 10.1. The van der Waals surface area contributed by atoms with Gasteiger partial charge >= 0.3 is 6.09 Å². The second-order valence-electron chi connectivity index (χ2n) is 7.24. The molecule has 2 rings (SSSR count). The van der Waals surface area contributed by atoms with E-state index in [1.54, 1.807) is 18.1 Å². The largest absolute Gasteiger partial charge is 0.496 e. The lowest BCUT2D eigenvalue weighted by Gasteiger charge is -2.24. The third-order valence-electron chi connectivity index (χ3n) is 3.93. The first-order chi connectivity index (χ1) is 11.7. The molecule has 0 unspecified atom stereocenters. The van der Waals surface area contributed by atoms with Crippen LogP contribution in [0.4, 0.5) is 4.79 Å². The van der Waals surface area contributed by atoms with Gasteiger partial charge in [-0.3, -0.25) is 4.79 Å². The van der Waals surface area contributed by atoms with Gasteiger partial charge in [-0.2, -0.15) is 0 Å². The van der Waals surface area contributed by atoms with Gasteiger partial charge in [0.1, 0.15) is 11.4 Å². The van der Waals surface area contributed by atoms with Gasteiger partial charge in [0.25, 0.3) is 0 Å². The Kier molecular flexibility index (Phi) is 6.06. The van der Waals surface area contributed by atoms with Crippen LogP contribution in [0.2, 0.25) is 0 Å². The summed E-state index contributed by atoms with van der Waals surface area (Å²) in [5.41, 5.74) is 0.992. The molecule has 1 amide bonds. The van der Waals surface area contributed by atoms with E-state index in [4.69, 9.17) is 14.2 Å². The van der Waals surface area contributed by atoms with Crippen molar-refractivity contribution in [3.63, 3.8) is 0 Å². The summed E-state index contributed by atoms with van der Waals surface area (Å²) in [6.07, 6.45) is 0.458. The molecule has 1 aromatic rings. The van der Waals surface area contributed by atoms with Crippen molar-refractivity contribution in [2.45, 2.75) is 52.4 Å². The number of hydrogen-bond acceptors (Lipinski definition) is 5. The van der Waals surface area contributed by atoms with Gasteiger partial charge in [-0.05, 0) is 51.8 Å². The van der Waals surface area contributed by atoms with Gasteiger partial charge in [0, 0.05) is 6.54 Å². The topological polar surface area (TPSA) is 65.1 Å². The number of hydrogen-bond donors (Lipinski definition) is 0. The third kappa shape index (κ3) is 5.46. The van der Waals surface area contributed by atoms with Crippen LogP contribution in [0.3, 0.4) is 0 Å². The molecule has 1 aromatic carbocycles. The molecule has 0 saturated carbocycles. The molecular formula is C19H27NO5. The second kappa shape index (κ2) is 7.87. The molecule has 6 heteroatoms. The molecule has 138 valence electrons. The highest BCUT2D eigenvalue weighted by Gasteiger charge is 2.30. The molecule has 6 nitrogen and oxygen atoms in total. The van der Waals surface area contributed by atoms with Crippen molar-refractivity contribution in [1.82, 2.24) is 4.90 Å². The molecule has 1 aliphatic rings. The number of likely N-dealkylation sites (tertiary alicyclic amines) is 1. The van der Waals surface area contributed by atoms with E-state index in [9.17, 15) is 9.59 Å². The fourth-order valence-electron chi connectivity index (χ4n) is 2.69. The number of ketones is 1. The van der Waals surface area contributed by atoms with Crippen LogP contribution in [0.25, 0.3) is 0 Å². The first-order valence-corrected chi connectivity index (χ1v) is 8.47. The maximum Gasteiger partial charge on any atom is 0.410 e. The highest BCUT2D eigenvalue weighted by molar-refractivity contribution is 5.96. The Morgan fingerprint density at radius 3 is 2.60 bits per heavy atom. The predicted octanol–water partition coefficient (Wildman–Crippen LogP) is 3.42. The van der Waals surface area contributed by atoms with E-state index in [-0.39, 0.29) is 18.0 Å². The zero-order valence-electron chi connectivity index (χ0n) is 15.6. The maximum atomic E-state index is 12.1. The highest BCUT2D eigenvalue weighted by Crippen LogP contribution is 2.23. The van der Waals surface area contributed by atoms with Crippen molar-refractivity contribution in [3.05, 3.63) is 29.3 Å². The number of carbonyl (C=O) groups excluding carboxylic acids is 2. The molecule has 0 aliphatic carbocycles. The average molecular weight is 349 g/mol. The number of methoxy groups -OCH3 is 1. The Balaban J connectivity index is 1.88. The van der Waals surface area contributed by atoms with Crippen LogP contribution in [0.1, 0.15) is 50.0 Å². The van der Waals surface area contributed by atoms with Gasteiger partial charge in [0.2, 0.25) is 0 Å². The van der Waals surface area contributed by atoms with Crippen LogP contribution in [0.5, 0.6) is 5.75 Å². The van der Waals surface area contributed by atoms with Crippen molar-refractivity contribution in [1.29, 1.82) is 0 Å². The van der Waals surface area contributed by atoms with E-state index >= 15 is 0 Å². The van der Waals surface area contributed by atoms with Gasteiger partial charge in [-0.1, -0.05) is 6.07 Å². The van der Waals surface area contributed by atoms with Gasteiger partial charge in [0.05, 0.1) is 31.9 Å². The standard InChI is InChI=1S/C19H27NO5/c1-13(21)16-7-6-14(10-17(16)23-5)12-24-15-8-9-20(11-15)18(22)25-19(2,3)4/h6-7,10,15H,8-9,11-12H2,1-5H3/t15-/m1/s1. The highest BCUT2D eigenvalue weighted by atomic mass is 16.6. The summed E-state index contributed by atoms with van der Waals surface area (Å²) in [5.74, 6) is 0.517. The van der Waals surface area contributed by atoms with Crippen LogP contribution in [0, 0.1) is 0 Å². The lowest BCUT2D eigenvalue weighted by molar-refractivity contribution is 0.0184. The number of amides is 1. The summed E-state index contributed by atoms with van der Waals surface area (Å²) >= 11 is 0. The first-order valence-electron chi connectivity index (χ1n) is 8.47. The number of ether oxygens (including phenoxy) is 3. The van der Waals surface area contributed by atoms with Crippen LogP contribution < -0.4 is 4.74 Å². The van der Waals surface area contributed by atoms with Crippen LogP contribution in [-0.2, 0) is 16.1 Å². The molecule has 0 radical (unpaired) electrons. The van der Waals surface area contributed by atoms with Gasteiger partial charge < -0.3 is 19.1 Å². The molecule has 1 atom stereocenters. The second-order valence-corrected chi connectivity index (χ2v) is 7.24. The molecule has 25 heavy (non-hydrogen) atoms. The monoisotopic (exact) mass is 349 g/mol. The third-order valence-corrected chi connectivity index (χ3v) is 3.93. The Bertz CT molecular complexity index is 635.